The van der Waals surface area contributed by atoms with Crippen molar-refractivity contribution in [1.29, 1.82) is 0 Å². The summed E-state index contributed by atoms with van der Waals surface area (Å²) in [4.78, 5) is 12.0. The molecule has 4 rings (SSSR count). The summed E-state index contributed by atoms with van der Waals surface area (Å²) in [6.07, 6.45) is -4.71. The smallest absolute Gasteiger partial charge is 0.416 e. The lowest BCUT2D eigenvalue weighted by Gasteiger charge is -2.35. The van der Waals surface area contributed by atoms with Crippen molar-refractivity contribution >= 4 is 21.4 Å². The molecule has 0 amide bonds. The van der Waals surface area contributed by atoms with E-state index >= 15 is 0 Å². The van der Waals surface area contributed by atoms with Crippen LogP contribution < -0.4 is 14.4 Å². The quantitative estimate of drug-likeness (QED) is 0.497. The molecule has 172 valence electrons. The second-order valence-electron chi connectivity index (χ2n) is 7.15. The summed E-state index contributed by atoms with van der Waals surface area (Å²) in [7, 11) is -3.87. The Morgan fingerprint density at radius 2 is 1.59 bits per heavy atom. The third-order valence-corrected chi connectivity index (χ3v) is 7.12. The first-order valence-electron chi connectivity index (χ1n) is 9.58. The van der Waals surface area contributed by atoms with Gasteiger partial charge >= 0.3 is 6.18 Å². The number of nitro groups is 1. The van der Waals surface area contributed by atoms with Crippen LogP contribution in [-0.4, -0.2) is 57.0 Å². The highest BCUT2D eigenvalue weighted by molar-refractivity contribution is 7.89. The zero-order chi connectivity index (χ0) is 23.1. The van der Waals surface area contributed by atoms with Gasteiger partial charge in [-0.1, -0.05) is 0 Å². The van der Waals surface area contributed by atoms with E-state index in [9.17, 15) is 31.7 Å². The minimum absolute atomic E-state index is 0.00888. The van der Waals surface area contributed by atoms with E-state index in [2.05, 4.69) is 0 Å². The number of nitrogens with zero attached hydrogens (tertiary/aromatic N) is 3. The zero-order valence-electron chi connectivity index (χ0n) is 16.5. The van der Waals surface area contributed by atoms with Crippen LogP contribution in [0, 0.1) is 10.1 Å². The normalized spacial score (nSPS) is 17.3. The van der Waals surface area contributed by atoms with E-state index < -0.39 is 32.4 Å². The lowest BCUT2D eigenvalue weighted by atomic mass is 10.1. The summed E-state index contributed by atoms with van der Waals surface area (Å²) in [6, 6.07) is 6.64. The van der Waals surface area contributed by atoms with Crippen molar-refractivity contribution in [3.63, 3.8) is 0 Å². The predicted octanol–water partition coefficient (Wildman–Crippen LogP) is 2.90. The van der Waals surface area contributed by atoms with Crippen LogP contribution in [0.2, 0.25) is 0 Å². The maximum atomic E-state index is 13.0. The minimum atomic E-state index is -4.71. The topological polar surface area (TPSA) is 102 Å². The van der Waals surface area contributed by atoms with E-state index in [4.69, 9.17) is 9.47 Å². The third-order valence-electron chi connectivity index (χ3n) is 5.23. The fraction of sp³-hybridized carbons (Fsp3) is 0.368. The van der Waals surface area contributed by atoms with Crippen molar-refractivity contribution in [1.82, 2.24) is 4.31 Å². The average Bonchev–Trinajstić information content (AvgIpc) is 2.77. The van der Waals surface area contributed by atoms with Gasteiger partial charge in [0.2, 0.25) is 10.0 Å². The van der Waals surface area contributed by atoms with Crippen molar-refractivity contribution in [2.75, 3.05) is 44.3 Å². The maximum absolute atomic E-state index is 13.0. The molecule has 0 bridgehead atoms. The van der Waals surface area contributed by atoms with E-state index in [-0.39, 0.29) is 36.8 Å². The molecule has 2 aliphatic heterocycles. The van der Waals surface area contributed by atoms with Gasteiger partial charge in [-0.2, -0.15) is 17.5 Å². The number of piperazine rings is 1. The number of fused-ring (bicyclic) bond motifs is 1. The van der Waals surface area contributed by atoms with Gasteiger partial charge in [0.1, 0.15) is 18.9 Å². The van der Waals surface area contributed by atoms with Crippen LogP contribution >= 0.6 is 0 Å². The molecule has 1 saturated heterocycles. The summed E-state index contributed by atoms with van der Waals surface area (Å²) in [5, 5.41) is 11.4. The number of hydrogen-bond donors (Lipinski definition) is 0. The molecule has 0 atom stereocenters. The standard InChI is InChI=1S/C19H18F3N3O6S/c20-19(21,22)13-1-3-15(16(11-13)25(26)27)23-5-7-24(8-6-23)32(28,29)14-2-4-17-18(12-14)31-10-9-30-17/h1-4,11-12H,5-10H2. The fourth-order valence-corrected chi connectivity index (χ4v) is 5.05. The number of halogens is 3. The highest BCUT2D eigenvalue weighted by Gasteiger charge is 2.35. The van der Waals surface area contributed by atoms with Crippen LogP contribution in [0.4, 0.5) is 24.5 Å². The summed E-state index contributed by atoms with van der Waals surface area (Å²) in [5.41, 5.74) is -1.78. The molecule has 0 radical (unpaired) electrons. The molecule has 2 aromatic rings. The van der Waals surface area contributed by atoms with Crippen LogP contribution in [0.1, 0.15) is 5.56 Å². The molecule has 0 saturated carbocycles. The first kappa shape index (κ1) is 22.1. The first-order valence-corrected chi connectivity index (χ1v) is 11.0. The molecule has 0 N–H and O–H groups in total. The maximum Gasteiger partial charge on any atom is 0.416 e. The van der Waals surface area contributed by atoms with E-state index in [0.717, 1.165) is 12.1 Å². The van der Waals surface area contributed by atoms with Crippen molar-refractivity contribution < 1.29 is 36.0 Å². The molecule has 2 aromatic carbocycles. The van der Waals surface area contributed by atoms with Crippen molar-refractivity contribution in [2.24, 2.45) is 0 Å². The van der Waals surface area contributed by atoms with Crippen molar-refractivity contribution in [3.05, 3.63) is 52.1 Å². The van der Waals surface area contributed by atoms with Gasteiger partial charge in [0, 0.05) is 38.3 Å². The number of rotatable bonds is 4. The van der Waals surface area contributed by atoms with Crippen LogP contribution in [-0.2, 0) is 16.2 Å². The molecule has 0 unspecified atom stereocenters. The van der Waals surface area contributed by atoms with Gasteiger partial charge in [0.05, 0.1) is 15.4 Å². The monoisotopic (exact) mass is 473 g/mol. The Balaban J connectivity index is 1.52. The highest BCUT2D eigenvalue weighted by atomic mass is 32.2. The largest absolute Gasteiger partial charge is 0.486 e. The van der Waals surface area contributed by atoms with Gasteiger partial charge < -0.3 is 14.4 Å². The lowest BCUT2D eigenvalue weighted by molar-refractivity contribution is -0.384. The Bertz CT molecular complexity index is 1150. The Labute approximate surface area is 181 Å². The third kappa shape index (κ3) is 4.17. The number of ether oxygens (including phenoxy) is 2. The van der Waals surface area contributed by atoms with Gasteiger partial charge in [0.25, 0.3) is 5.69 Å². The van der Waals surface area contributed by atoms with Gasteiger partial charge in [-0.25, -0.2) is 8.42 Å². The second kappa shape index (κ2) is 8.13. The van der Waals surface area contributed by atoms with Crippen LogP contribution in [0.25, 0.3) is 0 Å². The molecule has 0 aromatic heterocycles. The molecular formula is C19H18F3N3O6S. The molecule has 0 aliphatic carbocycles. The number of alkyl halides is 3. The Morgan fingerprint density at radius 1 is 0.938 bits per heavy atom. The Morgan fingerprint density at radius 3 is 2.22 bits per heavy atom. The Kier molecular flexibility index (Phi) is 5.63. The fourth-order valence-electron chi connectivity index (χ4n) is 3.62. The molecule has 0 spiro atoms. The van der Waals surface area contributed by atoms with Crippen LogP contribution in [0.15, 0.2) is 41.3 Å². The summed E-state index contributed by atoms with van der Waals surface area (Å²) in [5.74, 6) is 0.783. The number of anilines is 1. The number of hydrogen-bond acceptors (Lipinski definition) is 7. The molecule has 32 heavy (non-hydrogen) atoms. The molecular weight excluding hydrogens is 455 g/mol. The van der Waals surface area contributed by atoms with E-state index in [1.165, 1.54) is 27.4 Å². The lowest BCUT2D eigenvalue weighted by Crippen LogP contribution is -2.48. The average molecular weight is 473 g/mol. The Hall–Kier alpha value is -3.06. The van der Waals surface area contributed by atoms with Gasteiger partial charge in [-0.15, -0.1) is 0 Å². The van der Waals surface area contributed by atoms with Gasteiger partial charge in [-0.3, -0.25) is 10.1 Å². The molecule has 13 heteroatoms. The summed E-state index contributed by atoms with van der Waals surface area (Å²) in [6.45, 7) is 0.855. The molecule has 2 aliphatic rings. The number of nitro benzene ring substituents is 1. The van der Waals surface area contributed by atoms with E-state index in [1.807, 2.05) is 0 Å². The second-order valence-corrected chi connectivity index (χ2v) is 9.09. The summed E-state index contributed by atoms with van der Waals surface area (Å²) < 4.78 is 76.9. The molecule has 2 heterocycles. The zero-order valence-corrected chi connectivity index (χ0v) is 17.4. The van der Waals surface area contributed by atoms with Crippen molar-refractivity contribution in [2.45, 2.75) is 11.1 Å². The van der Waals surface area contributed by atoms with Crippen LogP contribution in [0.5, 0.6) is 11.5 Å². The van der Waals surface area contributed by atoms with E-state index in [0.29, 0.717) is 30.8 Å². The number of sulfonamides is 1. The van der Waals surface area contributed by atoms with Gasteiger partial charge in [-0.05, 0) is 24.3 Å². The van der Waals surface area contributed by atoms with Crippen LogP contribution in [0.3, 0.4) is 0 Å². The first-order chi connectivity index (χ1) is 15.1. The minimum Gasteiger partial charge on any atom is -0.486 e. The SMILES string of the molecule is O=[N+]([O-])c1cc(C(F)(F)F)ccc1N1CCN(S(=O)(=O)c2ccc3c(c2)OCCO3)CC1. The highest BCUT2D eigenvalue weighted by Crippen LogP contribution is 2.37. The number of benzene rings is 2. The summed E-state index contributed by atoms with van der Waals surface area (Å²) >= 11 is 0. The molecule has 1 fully saturated rings. The van der Waals surface area contributed by atoms with E-state index in [1.54, 1.807) is 0 Å². The van der Waals surface area contributed by atoms with Crippen molar-refractivity contribution in [3.8, 4) is 11.5 Å². The molecule has 9 nitrogen and oxygen atoms in total. The predicted molar refractivity (Wildman–Crippen MR) is 107 cm³/mol. The van der Waals surface area contributed by atoms with Gasteiger partial charge in [0.15, 0.2) is 11.5 Å².